The Balaban J connectivity index is 4.31. The highest BCUT2D eigenvalue weighted by atomic mass is 16.4. The van der Waals surface area contributed by atoms with Crippen LogP contribution in [0.4, 0.5) is 0 Å². The van der Waals surface area contributed by atoms with Crippen LogP contribution in [0.5, 0.6) is 0 Å². The molecule has 0 saturated heterocycles. The van der Waals surface area contributed by atoms with Gasteiger partial charge >= 0.3 is 5.97 Å². The van der Waals surface area contributed by atoms with Crippen LogP contribution in [0, 0.1) is 5.41 Å². The average molecular weight is 262 g/mol. The highest BCUT2D eigenvalue weighted by Crippen LogP contribution is 2.27. The lowest BCUT2D eigenvalue weighted by atomic mass is 9.80. The second kappa shape index (κ2) is 9.02. The summed E-state index contributed by atoms with van der Waals surface area (Å²) in [6.45, 7) is -0.968. The second-order valence-corrected chi connectivity index (χ2v) is 4.47. The number of aliphatic hydroxyl groups is 3. The minimum absolute atomic E-state index is 0.0778. The van der Waals surface area contributed by atoms with E-state index in [0.29, 0.717) is 19.3 Å². The fourth-order valence-electron chi connectivity index (χ4n) is 1.76. The number of carboxylic acid groups (broad SMARTS) is 1. The standard InChI is InChI=1S/C12H22O6/c13-6-3-1-2-4-10(16)8-12(9-15,5-7-14)11(17)18/h13-15H,1-9H2,(H,17,18). The minimum Gasteiger partial charge on any atom is -0.481 e. The summed E-state index contributed by atoms with van der Waals surface area (Å²) >= 11 is 0. The fraction of sp³-hybridized carbons (Fsp3) is 0.833. The van der Waals surface area contributed by atoms with Crippen molar-refractivity contribution < 1.29 is 30.0 Å². The summed E-state index contributed by atoms with van der Waals surface area (Å²) in [4.78, 5) is 22.7. The zero-order valence-corrected chi connectivity index (χ0v) is 10.5. The molecule has 0 amide bonds. The molecule has 0 aliphatic heterocycles. The number of carboxylic acids is 1. The van der Waals surface area contributed by atoms with E-state index < -0.39 is 18.0 Å². The SMILES string of the molecule is O=C(CCCCCO)CC(CO)(CCO)C(=O)O. The molecule has 6 nitrogen and oxygen atoms in total. The van der Waals surface area contributed by atoms with Gasteiger partial charge in [0.15, 0.2) is 0 Å². The first-order valence-electron chi connectivity index (χ1n) is 6.10. The molecule has 0 heterocycles. The molecule has 0 aliphatic rings. The summed E-state index contributed by atoms with van der Waals surface area (Å²) in [5.41, 5.74) is -1.57. The predicted octanol–water partition coefficient (Wildman–Crippen LogP) is -0.0560. The van der Waals surface area contributed by atoms with Crippen LogP contribution in [0.1, 0.15) is 38.5 Å². The number of unbranched alkanes of at least 4 members (excludes halogenated alkanes) is 2. The van der Waals surface area contributed by atoms with E-state index in [9.17, 15) is 9.59 Å². The van der Waals surface area contributed by atoms with E-state index in [0.717, 1.165) is 0 Å². The Labute approximate surface area is 106 Å². The first kappa shape index (κ1) is 17.0. The number of aliphatic hydroxyl groups excluding tert-OH is 3. The number of hydrogen-bond donors (Lipinski definition) is 4. The van der Waals surface area contributed by atoms with E-state index in [2.05, 4.69) is 0 Å². The van der Waals surface area contributed by atoms with Crippen molar-refractivity contribution in [1.82, 2.24) is 0 Å². The first-order valence-corrected chi connectivity index (χ1v) is 6.10. The second-order valence-electron chi connectivity index (χ2n) is 4.47. The van der Waals surface area contributed by atoms with Crippen molar-refractivity contribution in [3.63, 3.8) is 0 Å². The zero-order chi connectivity index (χ0) is 14.0. The molecule has 0 saturated carbocycles. The molecule has 0 radical (unpaired) electrons. The molecule has 1 atom stereocenters. The smallest absolute Gasteiger partial charge is 0.312 e. The van der Waals surface area contributed by atoms with Crippen LogP contribution in [-0.2, 0) is 9.59 Å². The van der Waals surface area contributed by atoms with Crippen molar-refractivity contribution in [2.24, 2.45) is 5.41 Å². The summed E-state index contributed by atoms with van der Waals surface area (Å²) in [6.07, 6.45) is 1.76. The normalized spacial score (nSPS) is 14.2. The van der Waals surface area contributed by atoms with Crippen LogP contribution in [0.25, 0.3) is 0 Å². The first-order chi connectivity index (χ1) is 8.52. The van der Waals surface area contributed by atoms with Gasteiger partial charge in [-0.15, -0.1) is 0 Å². The molecular formula is C12H22O6. The molecule has 0 rings (SSSR count). The Morgan fingerprint density at radius 1 is 0.944 bits per heavy atom. The van der Waals surface area contributed by atoms with Crippen LogP contribution in [0.15, 0.2) is 0 Å². The van der Waals surface area contributed by atoms with E-state index in [-0.39, 0.29) is 38.3 Å². The van der Waals surface area contributed by atoms with E-state index in [1.54, 1.807) is 0 Å². The van der Waals surface area contributed by atoms with Gasteiger partial charge in [-0.1, -0.05) is 6.42 Å². The van der Waals surface area contributed by atoms with E-state index in [1.165, 1.54) is 0 Å². The van der Waals surface area contributed by atoms with Gasteiger partial charge in [0.05, 0.1) is 12.0 Å². The average Bonchev–Trinajstić information content (AvgIpc) is 2.33. The summed E-state index contributed by atoms with van der Waals surface area (Å²) in [5.74, 6) is -1.50. The number of rotatable bonds is 11. The van der Waals surface area contributed by atoms with Crippen molar-refractivity contribution in [1.29, 1.82) is 0 Å². The van der Waals surface area contributed by atoms with E-state index in [4.69, 9.17) is 20.4 Å². The lowest BCUT2D eigenvalue weighted by molar-refractivity contribution is -0.155. The van der Waals surface area contributed by atoms with Crippen molar-refractivity contribution >= 4 is 11.8 Å². The quantitative estimate of drug-likeness (QED) is 0.388. The van der Waals surface area contributed by atoms with E-state index >= 15 is 0 Å². The summed E-state index contributed by atoms with van der Waals surface area (Å²) in [7, 11) is 0. The molecule has 0 aliphatic carbocycles. The highest BCUT2D eigenvalue weighted by Gasteiger charge is 2.39. The topological polar surface area (TPSA) is 115 Å². The molecule has 1 unspecified atom stereocenters. The number of Topliss-reactive ketones (excluding diaryl/α,β-unsaturated/α-hetero) is 1. The number of carbonyl (C=O) groups is 2. The van der Waals surface area contributed by atoms with Crippen molar-refractivity contribution in [3.8, 4) is 0 Å². The van der Waals surface area contributed by atoms with Crippen LogP contribution in [0.2, 0.25) is 0 Å². The molecule has 0 aromatic heterocycles. The van der Waals surface area contributed by atoms with Crippen LogP contribution >= 0.6 is 0 Å². The number of ketones is 1. The van der Waals surface area contributed by atoms with Gasteiger partial charge in [-0.25, -0.2) is 0 Å². The van der Waals surface area contributed by atoms with Crippen LogP contribution < -0.4 is 0 Å². The third kappa shape index (κ3) is 5.57. The molecule has 4 N–H and O–H groups in total. The Hall–Kier alpha value is -0.980. The summed E-state index contributed by atoms with van der Waals surface area (Å²) < 4.78 is 0. The van der Waals surface area contributed by atoms with Crippen molar-refractivity contribution in [2.75, 3.05) is 19.8 Å². The van der Waals surface area contributed by atoms with Gasteiger partial charge in [0.2, 0.25) is 0 Å². The molecule has 106 valence electrons. The molecule has 0 aromatic rings. The molecule has 18 heavy (non-hydrogen) atoms. The summed E-state index contributed by atoms with van der Waals surface area (Å²) in [5, 5.41) is 35.6. The Bertz CT molecular complexity index is 265. The summed E-state index contributed by atoms with van der Waals surface area (Å²) in [6, 6.07) is 0. The lowest BCUT2D eigenvalue weighted by Gasteiger charge is -2.25. The molecular weight excluding hydrogens is 240 g/mol. The Kier molecular flexibility index (Phi) is 8.53. The molecule has 0 bridgehead atoms. The van der Waals surface area contributed by atoms with Gasteiger partial charge in [0, 0.05) is 26.1 Å². The third-order valence-electron chi connectivity index (χ3n) is 3.00. The van der Waals surface area contributed by atoms with Gasteiger partial charge in [-0.2, -0.15) is 0 Å². The Morgan fingerprint density at radius 3 is 2.06 bits per heavy atom. The molecule has 0 fully saturated rings. The fourth-order valence-corrected chi connectivity index (χ4v) is 1.76. The maximum Gasteiger partial charge on any atom is 0.312 e. The Morgan fingerprint density at radius 2 is 1.61 bits per heavy atom. The largest absolute Gasteiger partial charge is 0.481 e. The van der Waals surface area contributed by atoms with Crippen LogP contribution in [0.3, 0.4) is 0 Å². The lowest BCUT2D eigenvalue weighted by Crippen LogP contribution is -2.38. The number of hydrogen-bond acceptors (Lipinski definition) is 5. The van der Waals surface area contributed by atoms with E-state index in [1.807, 2.05) is 0 Å². The number of carbonyl (C=O) groups excluding carboxylic acids is 1. The van der Waals surface area contributed by atoms with Gasteiger partial charge in [0.1, 0.15) is 5.78 Å². The van der Waals surface area contributed by atoms with Crippen molar-refractivity contribution in [3.05, 3.63) is 0 Å². The molecule has 0 aromatic carbocycles. The van der Waals surface area contributed by atoms with Crippen LogP contribution in [-0.4, -0.2) is 52.0 Å². The van der Waals surface area contributed by atoms with Gasteiger partial charge in [-0.05, 0) is 19.3 Å². The predicted molar refractivity (Wildman–Crippen MR) is 64.0 cm³/mol. The van der Waals surface area contributed by atoms with Crippen molar-refractivity contribution in [2.45, 2.75) is 38.5 Å². The minimum atomic E-state index is -1.57. The number of aliphatic carboxylic acids is 1. The monoisotopic (exact) mass is 262 g/mol. The molecule has 6 heteroatoms. The van der Waals surface area contributed by atoms with Gasteiger partial charge < -0.3 is 20.4 Å². The maximum atomic E-state index is 11.6. The third-order valence-corrected chi connectivity index (χ3v) is 3.00. The van der Waals surface area contributed by atoms with Gasteiger partial charge in [0.25, 0.3) is 0 Å². The maximum absolute atomic E-state index is 11.6. The molecule has 0 spiro atoms. The van der Waals surface area contributed by atoms with Gasteiger partial charge in [-0.3, -0.25) is 9.59 Å². The highest BCUT2D eigenvalue weighted by molar-refractivity contribution is 5.86. The zero-order valence-electron chi connectivity index (χ0n) is 10.5.